The summed E-state index contributed by atoms with van der Waals surface area (Å²) in [4.78, 5) is 25.0. The highest BCUT2D eigenvalue weighted by atomic mass is 35.5. The first-order valence-electron chi connectivity index (χ1n) is 7.36. The number of amides is 2. The number of H-pyrrole nitrogens is 1. The zero-order valence-electron chi connectivity index (χ0n) is 13.5. The Hall–Kier alpha value is -3.24. The molecule has 2 amide bonds. The minimum atomic E-state index is -4.15. The minimum absolute atomic E-state index is 0.182. The van der Waals surface area contributed by atoms with Gasteiger partial charge in [-0.15, -0.1) is 0 Å². The Balaban J connectivity index is 2.00. The molecule has 9 nitrogen and oxygen atoms in total. The molecule has 1 aromatic heterocycles. The Morgan fingerprint density at radius 1 is 1.07 bits per heavy atom. The van der Waals surface area contributed by atoms with Crippen molar-refractivity contribution in [1.29, 1.82) is 0 Å². The number of hydrogen-bond donors (Lipinski definition) is 5. The monoisotopic (exact) mass is 408 g/mol. The number of rotatable bonds is 5. The lowest BCUT2D eigenvalue weighted by Crippen LogP contribution is -2.16. The van der Waals surface area contributed by atoms with Gasteiger partial charge in [0.05, 0.1) is 21.2 Å². The lowest BCUT2D eigenvalue weighted by Gasteiger charge is -2.11. The summed E-state index contributed by atoms with van der Waals surface area (Å²) >= 11 is 5.78. The number of primary amides is 2. The third-order valence-corrected chi connectivity index (χ3v) is 5.40. The number of phenols is 1. The molecule has 3 rings (SSSR count). The maximum Gasteiger partial charge on any atom is 0.265 e. The number of anilines is 1. The number of sulfonamides is 1. The van der Waals surface area contributed by atoms with E-state index in [1.54, 1.807) is 6.07 Å². The number of carbonyl (C=O) groups is 2. The third kappa shape index (κ3) is 3.52. The second-order valence-corrected chi connectivity index (χ2v) is 7.71. The molecule has 0 aliphatic rings. The summed E-state index contributed by atoms with van der Waals surface area (Å²) in [6.07, 6.45) is 0. The third-order valence-electron chi connectivity index (χ3n) is 3.75. The second kappa shape index (κ2) is 6.49. The van der Waals surface area contributed by atoms with Crippen molar-refractivity contribution in [1.82, 2.24) is 4.98 Å². The van der Waals surface area contributed by atoms with Crippen LogP contribution in [0, 0.1) is 0 Å². The first kappa shape index (κ1) is 18.5. The van der Waals surface area contributed by atoms with E-state index in [2.05, 4.69) is 9.71 Å². The first-order chi connectivity index (χ1) is 12.6. The normalized spacial score (nSPS) is 11.4. The van der Waals surface area contributed by atoms with E-state index in [4.69, 9.17) is 23.1 Å². The maximum absolute atomic E-state index is 12.6. The van der Waals surface area contributed by atoms with Crippen LogP contribution in [0.2, 0.25) is 5.02 Å². The summed E-state index contributed by atoms with van der Waals surface area (Å²) in [5, 5.41) is 10.1. The van der Waals surface area contributed by atoms with E-state index >= 15 is 0 Å². The SMILES string of the molecule is NC(=O)c1cc2ccc(NS(=O)(=O)c3cc(Cl)c(O)c(C(N)=O)c3)cc2[nH]1. The molecule has 0 atom stereocenters. The number of aromatic nitrogens is 1. The summed E-state index contributed by atoms with van der Waals surface area (Å²) in [7, 11) is -4.15. The Labute approximate surface area is 158 Å². The summed E-state index contributed by atoms with van der Waals surface area (Å²) < 4.78 is 27.5. The number of fused-ring (bicyclic) bond motifs is 1. The number of carbonyl (C=O) groups excluding carboxylic acids is 2. The van der Waals surface area contributed by atoms with Gasteiger partial charge >= 0.3 is 0 Å². The van der Waals surface area contributed by atoms with Crippen LogP contribution in [0.4, 0.5) is 5.69 Å². The fourth-order valence-corrected chi connectivity index (χ4v) is 3.84. The molecule has 0 saturated carbocycles. The fraction of sp³-hybridized carbons (Fsp3) is 0. The Bertz CT molecular complexity index is 1200. The van der Waals surface area contributed by atoms with Crippen LogP contribution in [0.3, 0.4) is 0 Å². The van der Waals surface area contributed by atoms with Gasteiger partial charge in [-0.2, -0.15) is 0 Å². The molecule has 11 heteroatoms. The van der Waals surface area contributed by atoms with Crippen molar-refractivity contribution in [2.24, 2.45) is 11.5 Å². The molecular formula is C16H13ClN4O5S. The highest BCUT2D eigenvalue weighted by Crippen LogP contribution is 2.31. The predicted molar refractivity (Wildman–Crippen MR) is 99.3 cm³/mol. The van der Waals surface area contributed by atoms with Crippen LogP contribution in [-0.4, -0.2) is 30.3 Å². The van der Waals surface area contributed by atoms with Gasteiger partial charge < -0.3 is 21.6 Å². The van der Waals surface area contributed by atoms with Crippen molar-refractivity contribution in [2.45, 2.75) is 4.90 Å². The van der Waals surface area contributed by atoms with Crippen LogP contribution in [0.5, 0.6) is 5.75 Å². The van der Waals surface area contributed by atoms with Crippen molar-refractivity contribution < 1.29 is 23.1 Å². The van der Waals surface area contributed by atoms with Crippen molar-refractivity contribution in [3.63, 3.8) is 0 Å². The van der Waals surface area contributed by atoms with E-state index in [0.29, 0.717) is 10.9 Å². The number of benzene rings is 2. The first-order valence-corrected chi connectivity index (χ1v) is 9.22. The van der Waals surface area contributed by atoms with Gasteiger partial charge in [0, 0.05) is 10.9 Å². The topological polar surface area (TPSA) is 168 Å². The summed E-state index contributed by atoms with van der Waals surface area (Å²) in [5.41, 5.74) is 10.8. The van der Waals surface area contributed by atoms with E-state index < -0.39 is 33.2 Å². The quantitative estimate of drug-likeness (QED) is 0.430. The van der Waals surface area contributed by atoms with Crippen molar-refractivity contribution in [3.8, 4) is 5.75 Å². The van der Waals surface area contributed by atoms with Crippen molar-refractivity contribution >= 4 is 50.0 Å². The minimum Gasteiger partial charge on any atom is -0.506 e. The van der Waals surface area contributed by atoms with Gasteiger partial charge in [0.1, 0.15) is 11.4 Å². The average molecular weight is 409 g/mol. The molecule has 0 fully saturated rings. The highest BCUT2D eigenvalue weighted by Gasteiger charge is 2.21. The van der Waals surface area contributed by atoms with E-state index in [1.807, 2.05) is 0 Å². The van der Waals surface area contributed by atoms with Crippen LogP contribution >= 0.6 is 11.6 Å². The smallest absolute Gasteiger partial charge is 0.265 e. The van der Waals surface area contributed by atoms with Crippen LogP contribution in [-0.2, 0) is 10.0 Å². The number of halogens is 1. The fourth-order valence-electron chi connectivity index (χ4n) is 2.45. The van der Waals surface area contributed by atoms with Gasteiger partial charge in [0.25, 0.3) is 21.8 Å². The Morgan fingerprint density at radius 3 is 2.41 bits per heavy atom. The van der Waals surface area contributed by atoms with Crippen molar-refractivity contribution in [3.05, 3.63) is 52.7 Å². The molecule has 0 saturated heterocycles. The van der Waals surface area contributed by atoms with E-state index in [9.17, 15) is 23.1 Å². The highest BCUT2D eigenvalue weighted by molar-refractivity contribution is 7.92. The molecule has 0 radical (unpaired) electrons. The zero-order chi connectivity index (χ0) is 19.9. The number of aromatic hydroxyl groups is 1. The molecular weight excluding hydrogens is 396 g/mol. The molecule has 0 aliphatic carbocycles. The predicted octanol–water partition coefficient (Wildman–Crippen LogP) is 1.53. The molecule has 7 N–H and O–H groups in total. The lowest BCUT2D eigenvalue weighted by atomic mass is 10.2. The standard InChI is InChI=1S/C16H13ClN4O5S/c17-11-6-9(5-10(14(11)22)15(18)23)27(25,26)21-8-2-1-7-3-13(16(19)24)20-12(7)4-8/h1-6,20-22H,(H2,18,23)(H2,19,24). The van der Waals surface area contributed by atoms with E-state index in [0.717, 1.165) is 12.1 Å². The number of nitrogens with one attached hydrogen (secondary N) is 2. The molecule has 0 unspecified atom stereocenters. The van der Waals surface area contributed by atoms with Crippen LogP contribution < -0.4 is 16.2 Å². The number of aromatic amines is 1. The molecule has 2 aromatic carbocycles. The molecule has 3 aromatic rings. The van der Waals surface area contributed by atoms with Crippen LogP contribution in [0.25, 0.3) is 10.9 Å². The van der Waals surface area contributed by atoms with Gasteiger partial charge in [-0.05, 0) is 30.3 Å². The molecule has 0 spiro atoms. The average Bonchev–Trinajstić information content (AvgIpc) is 3.00. The molecule has 27 heavy (non-hydrogen) atoms. The van der Waals surface area contributed by atoms with Gasteiger partial charge in [-0.1, -0.05) is 17.7 Å². The van der Waals surface area contributed by atoms with Gasteiger partial charge in [-0.3, -0.25) is 14.3 Å². The van der Waals surface area contributed by atoms with Gasteiger partial charge in [-0.25, -0.2) is 8.42 Å². The van der Waals surface area contributed by atoms with E-state index in [1.165, 1.54) is 18.2 Å². The van der Waals surface area contributed by atoms with Crippen molar-refractivity contribution in [2.75, 3.05) is 4.72 Å². The second-order valence-electron chi connectivity index (χ2n) is 5.62. The molecule has 1 heterocycles. The van der Waals surface area contributed by atoms with Crippen LogP contribution in [0.15, 0.2) is 41.3 Å². The number of nitrogens with two attached hydrogens (primary N) is 2. The Kier molecular flexibility index (Phi) is 4.46. The zero-order valence-corrected chi connectivity index (χ0v) is 15.1. The maximum atomic E-state index is 12.6. The summed E-state index contributed by atoms with van der Waals surface area (Å²) in [6.45, 7) is 0. The molecule has 140 valence electrons. The lowest BCUT2D eigenvalue weighted by molar-refractivity contribution is 0.0988. The molecule has 0 aliphatic heterocycles. The summed E-state index contributed by atoms with van der Waals surface area (Å²) in [5.74, 6) is -2.28. The Morgan fingerprint density at radius 2 is 1.78 bits per heavy atom. The van der Waals surface area contributed by atoms with Crippen LogP contribution in [0.1, 0.15) is 20.8 Å². The van der Waals surface area contributed by atoms with Gasteiger partial charge in [0.2, 0.25) is 0 Å². The number of hydrogen-bond acceptors (Lipinski definition) is 5. The van der Waals surface area contributed by atoms with E-state index in [-0.39, 0.29) is 21.3 Å². The summed E-state index contributed by atoms with van der Waals surface area (Å²) in [6, 6.07) is 7.99. The molecule has 0 bridgehead atoms. The largest absolute Gasteiger partial charge is 0.506 e. The van der Waals surface area contributed by atoms with Gasteiger partial charge in [0.15, 0.2) is 0 Å².